The SMILES string of the molecule is O=C(O)[C@]1(O)c2ccc(Br)cc2-[n+]2ccc3c([nH]c4ccccc43)c21. The van der Waals surface area contributed by atoms with Crippen molar-refractivity contribution in [3.63, 3.8) is 0 Å². The average molecular weight is 396 g/mol. The number of para-hydroxylation sites is 1. The number of rotatable bonds is 1. The number of aromatic amines is 1. The van der Waals surface area contributed by atoms with Crippen molar-refractivity contribution in [2.45, 2.75) is 5.60 Å². The third-order valence-electron chi connectivity index (χ3n) is 4.88. The summed E-state index contributed by atoms with van der Waals surface area (Å²) in [6.07, 6.45) is 1.81. The molecule has 3 heterocycles. The number of nitrogens with one attached hydrogen (secondary N) is 1. The Bertz CT molecular complexity index is 1210. The monoisotopic (exact) mass is 395 g/mol. The lowest BCUT2D eigenvalue weighted by molar-refractivity contribution is -0.600. The Hall–Kier alpha value is -2.70. The fraction of sp³-hybridized carbons (Fsp3) is 0.0526. The molecule has 0 bridgehead atoms. The Morgan fingerprint density at radius 2 is 1.92 bits per heavy atom. The first-order valence-corrected chi connectivity index (χ1v) is 8.53. The van der Waals surface area contributed by atoms with Gasteiger partial charge in [0, 0.05) is 32.9 Å². The van der Waals surface area contributed by atoms with Gasteiger partial charge in [-0.05, 0) is 18.2 Å². The summed E-state index contributed by atoms with van der Waals surface area (Å²) >= 11 is 3.42. The van der Waals surface area contributed by atoms with E-state index in [4.69, 9.17) is 0 Å². The van der Waals surface area contributed by atoms with E-state index in [1.54, 1.807) is 16.7 Å². The van der Waals surface area contributed by atoms with E-state index in [-0.39, 0.29) is 0 Å². The molecule has 2 aromatic heterocycles. The van der Waals surface area contributed by atoms with E-state index in [0.29, 0.717) is 22.5 Å². The fourth-order valence-corrected chi connectivity index (χ4v) is 4.13. The van der Waals surface area contributed by atoms with Gasteiger partial charge in [0.2, 0.25) is 5.69 Å². The first kappa shape index (κ1) is 14.6. The Labute approximate surface area is 150 Å². The highest BCUT2D eigenvalue weighted by Crippen LogP contribution is 2.41. The lowest BCUT2D eigenvalue weighted by Gasteiger charge is -2.14. The number of hydrogen-bond donors (Lipinski definition) is 3. The van der Waals surface area contributed by atoms with E-state index in [1.807, 2.05) is 42.6 Å². The highest BCUT2D eigenvalue weighted by atomic mass is 79.9. The molecule has 1 aliphatic heterocycles. The summed E-state index contributed by atoms with van der Waals surface area (Å²) in [4.78, 5) is 15.4. The van der Waals surface area contributed by atoms with Crippen molar-refractivity contribution < 1.29 is 19.6 Å². The minimum atomic E-state index is -2.11. The number of fused-ring (bicyclic) bond motifs is 7. The lowest BCUT2D eigenvalue weighted by atomic mass is 9.91. The number of halogens is 1. The molecular formula is C19H12BrN2O3+. The van der Waals surface area contributed by atoms with Crippen LogP contribution in [0.1, 0.15) is 11.3 Å². The van der Waals surface area contributed by atoms with Crippen LogP contribution in [0.3, 0.4) is 0 Å². The highest BCUT2D eigenvalue weighted by molar-refractivity contribution is 9.10. The average Bonchev–Trinajstić information content (AvgIpc) is 3.09. The van der Waals surface area contributed by atoms with Crippen LogP contribution in [0, 0.1) is 0 Å². The van der Waals surface area contributed by atoms with Gasteiger partial charge in [0.05, 0.1) is 5.56 Å². The van der Waals surface area contributed by atoms with Gasteiger partial charge >= 0.3 is 5.97 Å². The second-order valence-electron chi connectivity index (χ2n) is 6.17. The van der Waals surface area contributed by atoms with Crippen LogP contribution in [0.5, 0.6) is 0 Å². The van der Waals surface area contributed by atoms with Crippen LogP contribution >= 0.6 is 15.9 Å². The van der Waals surface area contributed by atoms with Gasteiger partial charge in [0.25, 0.3) is 11.3 Å². The number of pyridine rings is 1. The number of aliphatic hydroxyl groups is 1. The molecule has 25 heavy (non-hydrogen) atoms. The molecular weight excluding hydrogens is 384 g/mol. The molecule has 5 nitrogen and oxygen atoms in total. The number of carboxylic acid groups (broad SMARTS) is 1. The van der Waals surface area contributed by atoms with Gasteiger partial charge < -0.3 is 15.2 Å². The van der Waals surface area contributed by atoms with Crippen LogP contribution in [-0.4, -0.2) is 21.2 Å². The van der Waals surface area contributed by atoms with E-state index < -0.39 is 11.6 Å². The molecule has 0 unspecified atom stereocenters. The molecule has 0 saturated heterocycles. The molecule has 3 N–H and O–H groups in total. The summed E-state index contributed by atoms with van der Waals surface area (Å²) in [5.74, 6) is -1.30. The van der Waals surface area contributed by atoms with E-state index >= 15 is 0 Å². The Balaban J connectivity index is 2.00. The van der Waals surface area contributed by atoms with Gasteiger partial charge in [-0.25, -0.2) is 4.79 Å². The first-order chi connectivity index (χ1) is 12.0. The van der Waals surface area contributed by atoms with Gasteiger partial charge in [0.1, 0.15) is 5.52 Å². The van der Waals surface area contributed by atoms with Crippen LogP contribution < -0.4 is 4.57 Å². The second kappa shape index (κ2) is 4.68. The topological polar surface area (TPSA) is 77.2 Å². The quantitative estimate of drug-likeness (QED) is 0.433. The highest BCUT2D eigenvalue weighted by Gasteiger charge is 2.57. The number of aliphatic carboxylic acids is 1. The third kappa shape index (κ3) is 1.70. The number of H-pyrrole nitrogens is 1. The zero-order valence-electron chi connectivity index (χ0n) is 12.8. The molecule has 5 rings (SSSR count). The van der Waals surface area contributed by atoms with Gasteiger partial charge in [0.15, 0.2) is 6.20 Å². The predicted octanol–water partition coefficient (Wildman–Crippen LogP) is 2.99. The smallest absolute Gasteiger partial charge is 0.352 e. The maximum atomic E-state index is 12.1. The number of aromatic nitrogens is 2. The lowest BCUT2D eigenvalue weighted by Crippen LogP contribution is -2.41. The normalized spacial score (nSPS) is 18.5. The van der Waals surface area contributed by atoms with E-state index in [2.05, 4.69) is 20.9 Å². The standard InChI is InChI=1S/C19H11BrN2O3/c20-10-5-6-13-15(9-10)22-8-7-12-11-3-1-2-4-14(11)21-16(12)17(22)19(13,25)18(23)24/h1-9,25H,(H,23,24)/p+1/t19-/m0/s1. The van der Waals surface area contributed by atoms with Crippen LogP contribution in [0.15, 0.2) is 59.2 Å². The van der Waals surface area contributed by atoms with Gasteiger partial charge in [-0.1, -0.05) is 34.1 Å². The minimum absolute atomic E-state index is 0.321. The van der Waals surface area contributed by atoms with Gasteiger partial charge in [-0.2, -0.15) is 4.57 Å². The molecule has 4 aromatic rings. The van der Waals surface area contributed by atoms with Crippen LogP contribution in [0.2, 0.25) is 0 Å². The maximum Gasteiger partial charge on any atom is 0.352 e. The van der Waals surface area contributed by atoms with Crippen molar-refractivity contribution in [1.82, 2.24) is 4.98 Å². The molecule has 0 saturated carbocycles. The van der Waals surface area contributed by atoms with Gasteiger partial charge in [-0.15, -0.1) is 0 Å². The van der Waals surface area contributed by atoms with Crippen LogP contribution in [-0.2, 0) is 10.4 Å². The second-order valence-corrected chi connectivity index (χ2v) is 7.09. The molecule has 0 aliphatic carbocycles. The molecule has 0 radical (unpaired) electrons. The molecule has 6 heteroatoms. The van der Waals surface area contributed by atoms with Crippen molar-refractivity contribution in [1.29, 1.82) is 0 Å². The third-order valence-corrected chi connectivity index (χ3v) is 5.37. The van der Waals surface area contributed by atoms with E-state index in [9.17, 15) is 15.0 Å². The Morgan fingerprint density at radius 3 is 2.72 bits per heavy atom. The Kier molecular flexibility index (Phi) is 2.74. The molecule has 0 spiro atoms. The van der Waals surface area contributed by atoms with Crippen molar-refractivity contribution in [3.05, 3.63) is 70.5 Å². The summed E-state index contributed by atoms with van der Waals surface area (Å²) in [5, 5.41) is 23.0. The summed E-state index contributed by atoms with van der Waals surface area (Å²) < 4.78 is 2.56. The summed E-state index contributed by atoms with van der Waals surface area (Å²) in [5.41, 5.74) is 0.736. The number of carboxylic acids is 1. The summed E-state index contributed by atoms with van der Waals surface area (Å²) in [6, 6.07) is 14.9. The van der Waals surface area contributed by atoms with Crippen molar-refractivity contribution in [3.8, 4) is 5.69 Å². The molecule has 0 amide bonds. The molecule has 1 atom stereocenters. The van der Waals surface area contributed by atoms with Crippen molar-refractivity contribution in [2.24, 2.45) is 0 Å². The molecule has 122 valence electrons. The van der Waals surface area contributed by atoms with Crippen LogP contribution in [0.25, 0.3) is 27.5 Å². The van der Waals surface area contributed by atoms with Crippen LogP contribution in [0.4, 0.5) is 0 Å². The van der Waals surface area contributed by atoms with E-state index in [0.717, 1.165) is 20.8 Å². The van der Waals surface area contributed by atoms with Crippen molar-refractivity contribution >= 4 is 43.7 Å². The molecule has 0 fully saturated rings. The van der Waals surface area contributed by atoms with Gasteiger partial charge in [-0.3, -0.25) is 0 Å². The molecule has 2 aromatic carbocycles. The largest absolute Gasteiger partial charge is 0.478 e. The number of benzene rings is 2. The van der Waals surface area contributed by atoms with E-state index in [1.165, 1.54) is 0 Å². The Morgan fingerprint density at radius 1 is 1.12 bits per heavy atom. The summed E-state index contributed by atoms with van der Waals surface area (Å²) in [7, 11) is 0. The maximum absolute atomic E-state index is 12.1. The molecule has 1 aliphatic rings. The number of hydrogen-bond acceptors (Lipinski definition) is 2. The zero-order chi connectivity index (χ0) is 17.3. The van der Waals surface area contributed by atoms with Crippen molar-refractivity contribution in [2.75, 3.05) is 0 Å². The summed E-state index contributed by atoms with van der Waals surface area (Å²) in [6.45, 7) is 0. The minimum Gasteiger partial charge on any atom is -0.478 e. The fourth-order valence-electron chi connectivity index (χ4n) is 3.78. The first-order valence-electron chi connectivity index (χ1n) is 7.73. The number of carbonyl (C=O) groups is 1. The zero-order valence-corrected chi connectivity index (χ0v) is 14.4. The predicted molar refractivity (Wildman–Crippen MR) is 95.7 cm³/mol. The number of nitrogens with zero attached hydrogens (tertiary/aromatic N) is 1.